The molecule has 2 aliphatic rings. The van der Waals surface area contributed by atoms with Crippen LogP contribution in [-0.4, -0.2) is 86.7 Å². The molecule has 0 spiro atoms. The van der Waals surface area contributed by atoms with Crippen LogP contribution in [0.2, 0.25) is 0 Å². The quantitative estimate of drug-likeness (QED) is 0.639. The fraction of sp³-hybridized carbons (Fsp3) is 0.500. The van der Waals surface area contributed by atoms with Crippen LogP contribution >= 0.6 is 0 Å². The molecule has 3 atom stereocenters. The maximum atomic E-state index is 13.6. The van der Waals surface area contributed by atoms with Crippen molar-refractivity contribution in [2.24, 2.45) is 11.8 Å². The molecule has 0 bridgehead atoms. The van der Waals surface area contributed by atoms with Crippen molar-refractivity contribution in [1.82, 2.24) is 9.80 Å². The molecular weight excluding hydrogens is 498 g/mol. The van der Waals surface area contributed by atoms with E-state index in [1.165, 1.54) is 0 Å². The van der Waals surface area contributed by atoms with Gasteiger partial charge in [-0.2, -0.15) is 0 Å². The zero-order valence-electron chi connectivity index (χ0n) is 23.2. The molecule has 39 heavy (non-hydrogen) atoms. The molecule has 0 radical (unpaired) electrons. The molecule has 2 aromatic carbocycles. The van der Waals surface area contributed by atoms with E-state index in [0.717, 1.165) is 0 Å². The number of anilines is 1. The maximum absolute atomic E-state index is 13.6. The van der Waals surface area contributed by atoms with Gasteiger partial charge >= 0.3 is 0 Å². The summed E-state index contributed by atoms with van der Waals surface area (Å²) in [6, 6.07) is 14.0. The summed E-state index contributed by atoms with van der Waals surface area (Å²) in [6.45, 7) is 6.08. The maximum Gasteiger partial charge on any atom is 0.257 e. The molecule has 1 N–H and O–H groups in total. The highest BCUT2D eigenvalue weighted by molar-refractivity contribution is 6.00. The highest BCUT2D eigenvalue weighted by atomic mass is 16.5. The molecule has 0 unspecified atom stereocenters. The predicted molar refractivity (Wildman–Crippen MR) is 148 cm³/mol. The lowest BCUT2D eigenvalue weighted by Gasteiger charge is -2.36. The number of ether oxygens (including phenoxy) is 3. The van der Waals surface area contributed by atoms with Gasteiger partial charge in [0.15, 0.2) is 0 Å². The summed E-state index contributed by atoms with van der Waals surface area (Å²) in [6.07, 6.45) is 1.06. The topological polar surface area (TPSA) is 97.4 Å². The average Bonchev–Trinajstić information content (AvgIpc) is 2.97. The SMILES string of the molecule is CO[C@H]1CN(C)C(=O)c2cc(NC(=O)C3CCOCC3)ccc2OC[C@@H](C)N(C(=O)c2ccccc2)C[C@H]1C. The number of carbonyl (C=O) groups is 3. The van der Waals surface area contributed by atoms with Crippen LogP contribution in [0.15, 0.2) is 48.5 Å². The van der Waals surface area contributed by atoms with E-state index in [1.54, 1.807) is 37.3 Å². The average molecular weight is 538 g/mol. The Balaban J connectivity index is 1.62. The van der Waals surface area contributed by atoms with E-state index in [1.807, 2.05) is 49.1 Å². The molecule has 4 rings (SSSR count). The van der Waals surface area contributed by atoms with Crippen molar-refractivity contribution >= 4 is 23.4 Å². The first-order valence-corrected chi connectivity index (χ1v) is 13.6. The van der Waals surface area contributed by atoms with Gasteiger partial charge in [-0.05, 0) is 50.1 Å². The number of hydrogen-bond donors (Lipinski definition) is 1. The monoisotopic (exact) mass is 537 g/mol. The van der Waals surface area contributed by atoms with Crippen LogP contribution in [0.5, 0.6) is 5.75 Å². The number of carbonyl (C=O) groups excluding carboxylic acids is 3. The van der Waals surface area contributed by atoms with E-state index < -0.39 is 0 Å². The number of nitrogens with zero attached hydrogens (tertiary/aromatic N) is 2. The van der Waals surface area contributed by atoms with E-state index in [2.05, 4.69) is 5.32 Å². The highest BCUT2D eigenvalue weighted by Gasteiger charge is 2.31. The lowest BCUT2D eigenvalue weighted by atomic mass is 9.99. The number of rotatable bonds is 4. The Kier molecular flexibility index (Phi) is 9.59. The third kappa shape index (κ3) is 6.96. The fourth-order valence-electron chi connectivity index (χ4n) is 5.09. The number of hydrogen-bond acceptors (Lipinski definition) is 6. The first-order valence-electron chi connectivity index (χ1n) is 13.6. The lowest BCUT2D eigenvalue weighted by molar-refractivity contribution is -0.122. The van der Waals surface area contributed by atoms with E-state index in [4.69, 9.17) is 14.2 Å². The van der Waals surface area contributed by atoms with Crippen LogP contribution < -0.4 is 10.1 Å². The number of fused-ring (bicyclic) bond motifs is 1. The summed E-state index contributed by atoms with van der Waals surface area (Å²) in [5.41, 5.74) is 1.49. The van der Waals surface area contributed by atoms with Crippen molar-refractivity contribution in [3.05, 3.63) is 59.7 Å². The second-order valence-electron chi connectivity index (χ2n) is 10.5. The van der Waals surface area contributed by atoms with Gasteiger partial charge in [0.25, 0.3) is 11.8 Å². The summed E-state index contributed by atoms with van der Waals surface area (Å²) in [4.78, 5) is 43.4. The van der Waals surface area contributed by atoms with E-state index >= 15 is 0 Å². The Morgan fingerprint density at radius 2 is 1.74 bits per heavy atom. The van der Waals surface area contributed by atoms with Gasteiger partial charge in [0.2, 0.25) is 5.91 Å². The first kappa shape index (κ1) is 28.6. The molecule has 0 aromatic heterocycles. The fourth-order valence-corrected chi connectivity index (χ4v) is 5.09. The number of methoxy groups -OCH3 is 1. The summed E-state index contributed by atoms with van der Waals surface area (Å²) in [5, 5.41) is 2.96. The second kappa shape index (κ2) is 13.1. The number of amides is 3. The Morgan fingerprint density at radius 3 is 2.44 bits per heavy atom. The van der Waals surface area contributed by atoms with E-state index in [0.29, 0.717) is 61.7 Å². The van der Waals surface area contributed by atoms with Crippen molar-refractivity contribution in [3.8, 4) is 5.75 Å². The molecule has 1 fully saturated rings. The molecule has 2 aliphatic heterocycles. The second-order valence-corrected chi connectivity index (χ2v) is 10.5. The molecule has 1 saturated heterocycles. The van der Waals surface area contributed by atoms with Crippen LogP contribution in [0, 0.1) is 11.8 Å². The van der Waals surface area contributed by atoms with Gasteiger partial charge in [0.05, 0.1) is 17.7 Å². The van der Waals surface area contributed by atoms with Crippen molar-refractivity contribution in [2.45, 2.75) is 38.8 Å². The Labute approximate surface area is 230 Å². The van der Waals surface area contributed by atoms with E-state index in [9.17, 15) is 14.4 Å². The molecular formula is C30H39N3O6. The zero-order valence-corrected chi connectivity index (χ0v) is 23.2. The molecule has 9 heteroatoms. The smallest absolute Gasteiger partial charge is 0.257 e. The van der Waals surface area contributed by atoms with Gasteiger partial charge in [0, 0.05) is 63.5 Å². The van der Waals surface area contributed by atoms with Gasteiger partial charge < -0.3 is 29.3 Å². The van der Waals surface area contributed by atoms with Crippen LogP contribution in [0.3, 0.4) is 0 Å². The molecule has 0 saturated carbocycles. The molecule has 9 nitrogen and oxygen atoms in total. The Bertz CT molecular complexity index is 1150. The number of benzene rings is 2. The van der Waals surface area contributed by atoms with Gasteiger partial charge in [-0.15, -0.1) is 0 Å². The Morgan fingerprint density at radius 1 is 1.03 bits per heavy atom. The van der Waals surface area contributed by atoms with Crippen LogP contribution in [0.4, 0.5) is 5.69 Å². The molecule has 3 amide bonds. The minimum Gasteiger partial charge on any atom is -0.491 e. The van der Waals surface area contributed by atoms with Crippen LogP contribution in [-0.2, 0) is 14.3 Å². The summed E-state index contributed by atoms with van der Waals surface area (Å²) >= 11 is 0. The zero-order chi connectivity index (χ0) is 27.9. The minimum absolute atomic E-state index is 0.0515. The highest BCUT2D eigenvalue weighted by Crippen LogP contribution is 2.28. The van der Waals surface area contributed by atoms with Crippen LogP contribution in [0.1, 0.15) is 47.4 Å². The predicted octanol–water partition coefficient (Wildman–Crippen LogP) is 3.70. The van der Waals surface area contributed by atoms with Crippen LogP contribution in [0.25, 0.3) is 0 Å². The molecule has 2 heterocycles. The molecule has 2 aromatic rings. The summed E-state index contributed by atoms with van der Waals surface area (Å²) in [5.74, 6) is -0.160. The van der Waals surface area contributed by atoms with E-state index in [-0.39, 0.29) is 48.3 Å². The van der Waals surface area contributed by atoms with Gasteiger partial charge in [-0.1, -0.05) is 25.1 Å². The normalized spacial score (nSPS) is 23.2. The molecule has 210 valence electrons. The van der Waals surface area contributed by atoms with Gasteiger partial charge in [-0.25, -0.2) is 0 Å². The third-order valence-electron chi connectivity index (χ3n) is 7.59. The first-order chi connectivity index (χ1) is 18.8. The largest absolute Gasteiger partial charge is 0.491 e. The number of nitrogens with one attached hydrogen (secondary N) is 1. The third-order valence-corrected chi connectivity index (χ3v) is 7.59. The summed E-state index contributed by atoms with van der Waals surface area (Å²) in [7, 11) is 3.35. The summed E-state index contributed by atoms with van der Waals surface area (Å²) < 4.78 is 17.3. The van der Waals surface area contributed by atoms with Crippen molar-refractivity contribution in [2.75, 3.05) is 52.4 Å². The van der Waals surface area contributed by atoms with Crippen molar-refractivity contribution < 1.29 is 28.6 Å². The standard InChI is InChI=1S/C30H39N3O6/c1-20-17-33(29(35)23-8-6-5-7-9-23)21(2)19-39-26-11-10-24(31-28(34)22-12-14-38-15-13-22)16-25(26)30(36)32(3)18-27(20)37-4/h5-11,16,20-22,27H,12-15,17-19H2,1-4H3,(H,31,34)/t20-,21-,27+/m1/s1. The Hall–Kier alpha value is -3.43. The molecule has 0 aliphatic carbocycles. The lowest BCUT2D eigenvalue weighted by Crippen LogP contribution is -2.48. The van der Waals surface area contributed by atoms with Crippen molar-refractivity contribution in [3.63, 3.8) is 0 Å². The van der Waals surface area contributed by atoms with Gasteiger partial charge in [-0.3, -0.25) is 14.4 Å². The van der Waals surface area contributed by atoms with Crippen molar-refractivity contribution in [1.29, 1.82) is 0 Å². The minimum atomic E-state index is -0.294. The number of likely N-dealkylation sites (N-methyl/N-ethyl adjacent to an activating group) is 1. The van der Waals surface area contributed by atoms with Gasteiger partial charge in [0.1, 0.15) is 12.4 Å².